The Hall–Kier alpha value is -2.64. The van der Waals surface area contributed by atoms with Crippen LogP contribution in [0.4, 0.5) is 0 Å². The Balaban J connectivity index is 1.18. The van der Waals surface area contributed by atoms with Gasteiger partial charge in [-0.2, -0.15) is 0 Å². The van der Waals surface area contributed by atoms with Crippen molar-refractivity contribution in [2.75, 3.05) is 33.9 Å². The van der Waals surface area contributed by atoms with Gasteiger partial charge in [0.2, 0.25) is 5.91 Å². The maximum atomic E-state index is 12.2. The Morgan fingerprint density at radius 2 is 1.94 bits per heavy atom. The summed E-state index contributed by atoms with van der Waals surface area (Å²) in [7, 11) is 3.33. The number of hydrogen-bond donors (Lipinski definition) is 1. The number of para-hydroxylation sites is 1. The molecule has 0 radical (unpaired) electrons. The van der Waals surface area contributed by atoms with E-state index in [9.17, 15) is 4.79 Å². The minimum absolute atomic E-state index is 0.116. The van der Waals surface area contributed by atoms with Gasteiger partial charge >= 0.3 is 0 Å². The smallest absolute Gasteiger partial charge is 0.220 e. The first kappa shape index (κ1) is 21.6. The van der Waals surface area contributed by atoms with E-state index < -0.39 is 0 Å². The van der Waals surface area contributed by atoms with Gasteiger partial charge in [0.25, 0.3) is 0 Å². The van der Waals surface area contributed by atoms with Gasteiger partial charge in [-0.15, -0.1) is 11.3 Å². The third-order valence-corrected chi connectivity index (χ3v) is 6.78. The minimum atomic E-state index is 0.116. The van der Waals surface area contributed by atoms with Gasteiger partial charge in [0, 0.05) is 32.6 Å². The van der Waals surface area contributed by atoms with Gasteiger partial charge in [0.1, 0.15) is 0 Å². The fourth-order valence-electron chi connectivity index (χ4n) is 4.00. The van der Waals surface area contributed by atoms with Gasteiger partial charge in [-0.3, -0.25) is 9.69 Å². The fraction of sp³-hybridized carbons (Fsp3) is 0.417. The highest BCUT2D eigenvalue weighted by atomic mass is 32.1. The van der Waals surface area contributed by atoms with Crippen LogP contribution in [-0.2, 0) is 24.2 Å². The van der Waals surface area contributed by atoms with Crippen LogP contribution in [0.1, 0.15) is 29.0 Å². The van der Waals surface area contributed by atoms with Crippen molar-refractivity contribution in [1.82, 2.24) is 15.2 Å². The monoisotopic (exact) mass is 439 g/mol. The van der Waals surface area contributed by atoms with Crippen molar-refractivity contribution in [1.29, 1.82) is 0 Å². The van der Waals surface area contributed by atoms with Crippen LogP contribution in [0.5, 0.6) is 11.5 Å². The molecule has 1 aliphatic heterocycles. The number of benzene rings is 2. The summed E-state index contributed by atoms with van der Waals surface area (Å²) in [6.45, 7) is 3.36. The van der Waals surface area contributed by atoms with Crippen molar-refractivity contribution >= 4 is 27.5 Å². The fourth-order valence-corrected chi connectivity index (χ4v) is 5.01. The number of carbonyl (C=O) groups is 1. The molecule has 0 saturated heterocycles. The number of aryl methyl sites for hydroxylation is 1. The molecule has 3 aromatic rings. The van der Waals surface area contributed by atoms with E-state index in [2.05, 4.69) is 33.4 Å². The number of nitrogens with one attached hydrogen (secondary N) is 1. The molecule has 164 valence electrons. The summed E-state index contributed by atoms with van der Waals surface area (Å²) < 4.78 is 12.0. The van der Waals surface area contributed by atoms with E-state index in [1.165, 1.54) is 15.8 Å². The lowest BCUT2D eigenvalue weighted by Gasteiger charge is -2.29. The number of carbonyl (C=O) groups excluding carboxylic acids is 1. The number of fused-ring (bicyclic) bond motifs is 2. The van der Waals surface area contributed by atoms with Crippen molar-refractivity contribution < 1.29 is 14.3 Å². The number of hydrogen-bond acceptors (Lipinski definition) is 6. The highest BCUT2D eigenvalue weighted by Gasteiger charge is 2.19. The van der Waals surface area contributed by atoms with Gasteiger partial charge in [-0.25, -0.2) is 4.98 Å². The standard InChI is InChI=1S/C24H29N3O3S/c1-29-20-14-17-10-12-27(16-18(17)15-21(20)30-2)13-11-25-23(28)8-5-9-24-26-19-6-3-4-7-22(19)31-24/h3-4,6-7,14-15H,5,8-13,16H2,1-2H3,(H,25,28). The maximum Gasteiger partial charge on any atom is 0.220 e. The lowest BCUT2D eigenvalue weighted by Crippen LogP contribution is -2.37. The van der Waals surface area contributed by atoms with Crippen molar-refractivity contribution in [3.63, 3.8) is 0 Å². The van der Waals surface area contributed by atoms with Crippen LogP contribution in [0.2, 0.25) is 0 Å². The predicted molar refractivity (Wildman–Crippen MR) is 124 cm³/mol. The molecule has 6 nitrogen and oxygen atoms in total. The Morgan fingerprint density at radius 3 is 2.71 bits per heavy atom. The van der Waals surface area contributed by atoms with Gasteiger partial charge in [0.05, 0.1) is 29.4 Å². The summed E-state index contributed by atoms with van der Waals surface area (Å²) in [5.41, 5.74) is 3.63. The molecule has 1 aromatic heterocycles. The quantitative estimate of drug-likeness (QED) is 0.549. The highest BCUT2D eigenvalue weighted by molar-refractivity contribution is 7.18. The van der Waals surface area contributed by atoms with E-state index in [-0.39, 0.29) is 5.91 Å². The number of thiazole rings is 1. The Kier molecular flexibility index (Phi) is 7.04. The van der Waals surface area contributed by atoms with Gasteiger partial charge in [0.15, 0.2) is 11.5 Å². The SMILES string of the molecule is COc1cc2c(cc1OC)CN(CCNC(=O)CCCc1nc3ccccc3s1)CC2. The van der Waals surface area contributed by atoms with Crippen LogP contribution in [-0.4, -0.2) is 49.6 Å². The van der Waals surface area contributed by atoms with Crippen molar-refractivity contribution in [2.24, 2.45) is 0 Å². The van der Waals surface area contributed by atoms with E-state index in [1.54, 1.807) is 25.6 Å². The van der Waals surface area contributed by atoms with Crippen LogP contribution in [0.3, 0.4) is 0 Å². The molecule has 0 unspecified atom stereocenters. The second kappa shape index (κ2) is 10.1. The topological polar surface area (TPSA) is 63.7 Å². The molecule has 4 rings (SSSR count). The lowest BCUT2D eigenvalue weighted by atomic mass is 9.99. The second-order valence-corrected chi connectivity index (χ2v) is 8.90. The van der Waals surface area contributed by atoms with Gasteiger partial charge in [-0.05, 0) is 54.7 Å². The first-order valence-corrected chi connectivity index (χ1v) is 11.5. The largest absolute Gasteiger partial charge is 0.493 e. The van der Waals surface area contributed by atoms with Gasteiger partial charge in [-0.1, -0.05) is 12.1 Å². The van der Waals surface area contributed by atoms with E-state index in [1.807, 2.05) is 18.2 Å². The van der Waals surface area contributed by atoms with E-state index in [0.717, 1.165) is 60.9 Å². The van der Waals surface area contributed by atoms with Crippen LogP contribution in [0.25, 0.3) is 10.2 Å². The molecule has 0 aliphatic carbocycles. The normalized spacial score (nSPS) is 13.7. The first-order valence-electron chi connectivity index (χ1n) is 10.7. The van der Waals surface area contributed by atoms with E-state index in [4.69, 9.17) is 9.47 Å². The summed E-state index contributed by atoms with van der Waals surface area (Å²) >= 11 is 1.72. The zero-order chi connectivity index (χ0) is 21.6. The highest BCUT2D eigenvalue weighted by Crippen LogP contribution is 2.33. The summed E-state index contributed by atoms with van der Waals surface area (Å²) in [5, 5.41) is 4.17. The zero-order valence-electron chi connectivity index (χ0n) is 18.1. The predicted octanol–water partition coefficient (Wildman–Crippen LogP) is 3.81. The minimum Gasteiger partial charge on any atom is -0.493 e. The molecular formula is C24H29N3O3S. The van der Waals surface area contributed by atoms with Crippen LogP contribution in [0, 0.1) is 0 Å². The average molecular weight is 440 g/mol. The molecule has 1 aliphatic rings. The second-order valence-electron chi connectivity index (χ2n) is 7.78. The molecule has 2 aromatic carbocycles. The molecule has 0 saturated carbocycles. The third-order valence-electron chi connectivity index (χ3n) is 5.68. The number of amides is 1. The van der Waals surface area contributed by atoms with Crippen molar-refractivity contribution in [3.05, 3.63) is 52.5 Å². The Bertz CT molecular complexity index is 1020. The maximum absolute atomic E-state index is 12.2. The van der Waals surface area contributed by atoms with Crippen LogP contribution >= 0.6 is 11.3 Å². The molecule has 0 fully saturated rings. The number of ether oxygens (including phenoxy) is 2. The summed E-state index contributed by atoms with van der Waals surface area (Å²) in [5.74, 6) is 1.67. The molecule has 31 heavy (non-hydrogen) atoms. The van der Waals surface area contributed by atoms with E-state index in [0.29, 0.717) is 13.0 Å². The molecule has 0 bridgehead atoms. The summed E-state index contributed by atoms with van der Waals surface area (Å²) in [6.07, 6.45) is 3.19. The molecule has 0 atom stereocenters. The Labute approximate surface area is 187 Å². The number of rotatable bonds is 9. The molecular weight excluding hydrogens is 410 g/mol. The zero-order valence-corrected chi connectivity index (χ0v) is 19.0. The van der Waals surface area contributed by atoms with Gasteiger partial charge < -0.3 is 14.8 Å². The molecule has 1 amide bonds. The molecule has 1 N–H and O–H groups in total. The van der Waals surface area contributed by atoms with E-state index >= 15 is 0 Å². The summed E-state index contributed by atoms with van der Waals surface area (Å²) in [4.78, 5) is 19.2. The average Bonchev–Trinajstić information content (AvgIpc) is 3.20. The summed E-state index contributed by atoms with van der Waals surface area (Å²) in [6, 6.07) is 12.3. The molecule has 0 spiro atoms. The molecule has 2 heterocycles. The number of aromatic nitrogens is 1. The van der Waals surface area contributed by atoms with Crippen LogP contribution in [0.15, 0.2) is 36.4 Å². The number of methoxy groups -OCH3 is 2. The first-order chi connectivity index (χ1) is 15.2. The third kappa shape index (κ3) is 5.35. The van der Waals surface area contributed by atoms with Crippen molar-refractivity contribution in [3.8, 4) is 11.5 Å². The molecule has 7 heteroatoms. The van der Waals surface area contributed by atoms with Crippen LogP contribution < -0.4 is 14.8 Å². The number of nitrogens with zero attached hydrogens (tertiary/aromatic N) is 2. The van der Waals surface area contributed by atoms with Crippen molar-refractivity contribution in [2.45, 2.75) is 32.2 Å². The Morgan fingerprint density at radius 1 is 1.16 bits per heavy atom. The lowest BCUT2D eigenvalue weighted by molar-refractivity contribution is -0.121.